The van der Waals surface area contributed by atoms with Crippen LogP contribution in [0.5, 0.6) is 0 Å². The summed E-state index contributed by atoms with van der Waals surface area (Å²) >= 11 is 0. The first kappa shape index (κ1) is 15.1. The average molecular weight is 326 g/mol. The van der Waals surface area contributed by atoms with Gasteiger partial charge in [0.25, 0.3) is 6.29 Å². The highest BCUT2D eigenvalue weighted by atomic mass is 16.7. The molecule has 1 heterocycles. The molecule has 3 aliphatic rings. The van der Waals surface area contributed by atoms with Crippen LogP contribution in [0.25, 0.3) is 0 Å². The number of hydrogen-bond acceptors (Lipinski definition) is 5. The Morgan fingerprint density at radius 1 is 1.25 bits per heavy atom. The number of cyclic esters (lactones) is 1. The first-order valence-corrected chi connectivity index (χ1v) is 8.08. The Morgan fingerprint density at radius 3 is 2.83 bits per heavy atom. The number of carbonyl (C=O) groups is 2. The number of esters is 1. The van der Waals surface area contributed by atoms with Crippen LogP contribution < -0.4 is 0 Å². The Kier molecular flexibility index (Phi) is 3.53. The summed E-state index contributed by atoms with van der Waals surface area (Å²) in [6.07, 6.45) is 1.81. The molecule has 124 valence electrons. The SMILES string of the molecule is CC1=C(CO)[C@@H](O/C=C2/C(=O)C[C@@H]3c4ccccc4C[C@H]23)OC1=O. The maximum Gasteiger partial charge on any atom is 0.337 e. The first-order chi connectivity index (χ1) is 11.6. The normalized spacial score (nSPS) is 29.9. The predicted octanol–water partition coefficient (Wildman–Crippen LogP) is 2.01. The third kappa shape index (κ3) is 2.19. The minimum absolute atomic E-state index is 0.0788. The minimum Gasteiger partial charge on any atom is -0.458 e. The highest BCUT2D eigenvalue weighted by Crippen LogP contribution is 2.49. The molecule has 0 radical (unpaired) electrons. The lowest BCUT2D eigenvalue weighted by atomic mass is 9.95. The molecule has 1 fully saturated rings. The van der Waals surface area contributed by atoms with Crippen LogP contribution in [0, 0.1) is 5.92 Å². The number of ketones is 1. The summed E-state index contributed by atoms with van der Waals surface area (Å²) < 4.78 is 10.7. The standard InChI is InChI=1S/C19H18O5/c1-10-15(8-20)19(24-18(10)22)23-9-16-13-6-11-4-2-3-5-12(11)14(13)7-17(16)21/h2-5,9,13-14,19-20H,6-8H2,1H3/b16-9+/t13-,14+,19-/m0/s1. The second-order valence-electron chi connectivity index (χ2n) is 6.50. The number of ether oxygens (including phenoxy) is 2. The van der Waals surface area contributed by atoms with Crippen molar-refractivity contribution < 1.29 is 24.2 Å². The van der Waals surface area contributed by atoms with Crippen LogP contribution in [0.4, 0.5) is 0 Å². The Bertz CT molecular complexity index is 789. The van der Waals surface area contributed by atoms with E-state index in [2.05, 4.69) is 12.1 Å². The first-order valence-electron chi connectivity index (χ1n) is 8.08. The number of benzene rings is 1. The van der Waals surface area contributed by atoms with Crippen molar-refractivity contribution in [2.24, 2.45) is 5.92 Å². The van der Waals surface area contributed by atoms with E-state index in [1.807, 2.05) is 12.1 Å². The molecule has 0 spiro atoms. The number of aliphatic hydroxyl groups excluding tert-OH is 1. The van der Waals surface area contributed by atoms with Crippen LogP contribution in [-0.2, 0) is 25.5 Å². The molecular formula is C19H18O5. The van der Waals surface area contributed by atoms with Crippen LogP contribution in [-0.4, -0.2) is 29.8 Å². The molecule has 4 rings (SSSR count). The quantitative estimate of drug-likeness (QED) is 0.522. The van der Waals surface area contributed by atoms with Crippen molar-refractivity contribution in [1.29, 1.82) is 0 Å². The third-order valence-corrected chi connectivity index (χ3v) is 5.28. The summed E-state index contributed by atoms with van der Waals surface area (Å²) in [5, 5.41) is 9.38. The van der Waals surface area contributed by atoms with Crippen molar-refractivity contribution in [3.63, 3.8) is 0 Å². The van der Waals surface area contributed by atoms with E-state index in [1.54, 1.807) is 6.92 Å². The molecule has 1 N–H and O–H groups in total. The lowest BCUT2D eigenvalue weighted by Crippen LogP contribution is -2.16. The zero-order valence-corrected chi connectivity index (χ0v) is 13.3. The van der Waals surface area contributed by atoms with E-state index in [0.29, 0.717) is 23.1 Å². The number of fused-ring (bicyclic) bond motifs is 3. The molecule has 3 atom stereocenters. The summed E-state index contributed by atoms with van der Waals surface area (Å²) in [5.41, 5.74) is 3.95. The lowest BCUT2D eigenvalue weighted by Gasteiger charge is -2.14. The van der Waals surface area contributed by atoms with Crippen LogP contribution in [0.15, 0.2) is 47.2 Å². The van der Waals surface area contributed by atoms with E-state index < -0.39 is 12.3 Å². The van der Waals surface area contributed by atoms with Gasteiger partial charge in [-0.15, -0.1) is 0 Å². The highest BCUT2D eigenvalue weighted by molar-refractivity contribution is 5.99. The smallest absolute Gasteiger partial charge is 0.337 e. The highest BCUT2D eigenvalue weighted by Gasteiger charge is 2.44. The summed E-state index contributed by atoms with van der Waals surface area (Å²) in [6.45, 7) is 1.28. The Balaban J connectivity index is 1.56. The number of allylic oxidation sites excluding steroid dienone is 1. The van der Waals surface area contributed by atoms with E-state index >= 15 is 0 Å². The molecule has 24 heavy (non-hydrogen) atoms. The van der Waals surface area contributed by atoms with Gasteiger partial charge in [-0.3, -0.25) is 4.79 Å². The molecule has 1 aromatic carbocycles. The van der Waals surface area contributed by atoms with Crippen LogP contribution in [0.3, 0.4) is 0 Å². The van der Waals surface area contributed by atoms with Gasteiger partial charge in [0.2, 0.25) is 0 Å². The van der Waals surface area contributed by atoms with Crippen LogP contribution in [0.2, 0.25) is 0 Å². The van der Waals surface area contributed by atoms with Crippen molar-refractivity contribution in [3.8, 4) is 0 Å². The van der Waals surface area contributed by atoms with Gasteiger partial charge in [-0.2, -0.15) is 0 Å². The zero-order chi connectivity index (χ0) is 16.8. The molecule has 0 aromatic heterocycles. The lowest BCUT2D eigenvalue weighted by molar-refractivity contribution is -0.153. The topological polar surface area (TPSA) is 72.8 Å². The second kappa shape index (κ2) is 5.60. The summed E-state index contributed by atoms with van der Waals surface area (Å²) in [6, 6.07) is 8.21. The zero-order valence-electron chi connectivity index (χ0n) is 13.3. The fraction of sp³-hybridized carbons (Fsp3) is 0.368. The van der Waals surface area contributed by atoms with Gasteiger partial charge in [0, 0.05) is 29.1 Å². The van der Waals surface area contributed by atoms with Gasteiger partial charge in [0.05, 0.1) is 12.9 Å². The maximum absolute atomic E-state index is 12.4. The van der Waals surface area contributed by atoms with Gasteiger partial charge < -0.3 is 14.6 Å². The number of rotatable bonds is 3. The molecule has 1 aliphatic heterocycles. The fourth-order valence-electron chi connectivity index (χ4n) is 3.94. The van der Waals surface area contributed by atoms with Gasteiger partial charge in [-0.25, -0.2) is 4.79 Å². The fourth-order valence-corrected chi connectivity index (χ4v) is 3.94. The number of carbonyl (C=O) groups excluding carboxylic acids is 2. The second-order valence-corrected chi connectivity index (χ2v) is 6.50. The van der Waals surface area contributed by atoms with Crippen molar-refractivity contribution >= 4 is 11.8 Å². The Labute approximate surface area is 139 Å². The molecule has 2 aliphatic carbocycles. The third-order valence-electron chi connectivity index (χ3n) is 5.28. The molecule has 5 heteroatoms. The van der Waals surface area contributed by atoms with E-state index in [4.69, 9.17) is 9.47 Å². The summed E-state index contributed by atoms with van der Waals surface area (Å²) in [4.78, 5) is 24.0. The van der Waals surface area contributed by atoms with Crippen molar-refractivity contribution in [3.05, 3.63) is 58.4 Å². The summed E-state index contributed by atoms with van der Waals surface area (Å²) in [5.74, 6) is -0.0830. The largest absolute Gasteiger partial charge is 0.458 e. The van der Waals surface area contributed by atoms with Crippen molar-refractivity contribution in [1.82, 2.24) is 0 Å². The molecule has 0 unspecified atom stereocenters. The van der Waals surface area contributed by atoms with Gasteiger partial charge in [-0.05, 0) is 30.4 Å². The Morgan fingerprint density at radius 2 is 2.04 bits per heavy atom. The monoisotopic (exact) mass is 326 g/mol. The van der Waals surface area contributed by atoms with Crippen molar-refractivity contribution in [2.75, 3.05) is 6.61 Å². The Hall–Kier alpha value is -2.40. The number of Topliss-reactive ketones (excluding diaryl/α,β-unsaturated/α-hetero) is 1. The van der Waals surface area contributed by atoms with Gasteiger partial charge in [-0.1, -0.05) is 24.3 Å². The van der Waals surface area contributed by atoms with E-state index in [9.17, 15) is 14.7 Å². The number of hydrogen-bond donors (Lipinski definition) is 1. The molecule has 1 aromatic rings. The minimum atomic E-state index is -0.939. The molecule has 0 bridgehead atoms. The van der Waals surface area contributed by atoms with Crippen molar-refractivity contribution in [2.45, 2.75) is 32.0 Å². The molecule has 1 saturated carbocycles. The van der Waals surface area contributed by atoms with Gasteiger partial charge in [0.1, 0.15) is 0 Å². The molecule has 0 amide bonds. The van der Waals surface area contributed by atoms with E-state index in [1.165, 1.54) is 17.4 Å². The van der Waals surface area contributed by atoms with Crippen LogP contribution in [0.1, 0.15) is 30.4 Å². The van der Waals surface area contributed by atoms with E-state index in [0.717, 1.165) is 6.42 Å². The molecule has 0 saturated heterocycles. The van der Waals surface area contributed by atoms with Crippen LogP contribution >= 0.6 is 0 Å². The number of aliphatic hydroxyl groups is 1. The summed E-state index contributed by atoms with van der Waals surface area (Å²) in [7, 11) is 0. The molecule has 5 nitrogen and oxygen atoms in total. The molecular weight excluding hydrogens is 308 g/mol. The predicted molar refractivity (Wildman–Crippen MR) is 84.8 cm³/mol. The van der Waals surface area contributed by atoms with E-state index in [-0.39, 0.29) is 24.2 Å². The van der Waals surface area contributed by atoms with Gasteiger partial charge in [0.15, 0.2) is 5.78 Å². The maximum atomic E-state index is 12.4. The van der Waals surface area contributed by atoms with Gasteiger partial charge >= 0.3 is 5.97 Å². The average Bonchev–Trinajstić information content (AvgIpc) is 3.16.